The van der Waals surface area contributed by atoms with Crippen molar-refractivity contribution in [3.8, 4) is 11.3 Å². The molecule has 0 aliphatic heterocycles. The molecule has 0 N–H and O–H groups in total. The van der Waals surface area contributed by atoms with E-state index in [0.29, 0.717) is 5.15 Å². The van der Waals surface area contributed by atoms with Crippen LogP contribution in [-0.2, 0) is 0 Å². The summed E-state index contributed by atoms with van der Waals surface area (Å²) in [6.45, 7) is 2.12. The molecule has 0 aliphatic rings. The first-order chi connectivity index (χ1) is 12.2. The van der Waals surface area contributed by atoms with E-state index in [4.69, 9.17) is 16.6 Å². The second-order valence-corrected chi connectivity index (χ2v) is 7.48. The zero-order valence-corrected chi connectivity index (χ0v) is 15.0. The number of aromatic nitrogens is 2. The first kappa shape index (κ1) is 14.8. The summed E-state index contributed by atoms with van der Waals surface area (Å²) in [6, 6.07) is 20.8. The molecule has 0 amide bonds. The lowest BCUT2D eigenvalue weighted by Crippen LogP contribution is -1.91. The van der Waals surface area contributed by atoms with Gasteiger partial charge in [-0.1, -0.05) is 66.2 Å². The maximum Gasteiger partial charge on any atom is 0.157 e. The van der Waals surface area contributed by atoms with Gasteiger partial charge in [0.1, 0.15) is 16.0 Å². The molecule has 0 bridgehead atoms. The molecule has 4 heteroatoms. The fourth-order valence-electron chi connectivity index (χ4n) is 3.33. The Morgan fingerprint density at radius 3 is 2.36 bits per heavy atom. The highest BCUT2D eigenvalue weighted by Crippen LogP contribution is 2.37. The molecular formula is C21H13ClN2S. The van der Waals surface area contributed by atoms with Gasteiger partial charge in [0.2, 0.25) is 0 Å². The zero-order valence-electron chi connectivity index (χ0n) is 13.5. The second kappa shape index (κ2) is 5.51. The average Bonchev–Trinajstić information content (AvgIpc) is 2.99. The number of aryl methyl sites for hydroxylation is 1. The quantitative estimate of drug-likeness (QED) is 0.335. The summed E-state index contributed by atoms with van der Waals surface area (Å²) in [5, 5.41) is 3.95. The molecule has 5 rings (SSSR count). The number of halogens is 1. The van der Waals surface area contributed by atoms with E-state index in [1.165, 1.54) is 15.6 Å². The lowest BCUT2D eigenvalue weighted by atomic mass is 9.98. The molecule has 3 aromatic carbocycles. The average molecular weight is 361 g/mol. The topological polar surface area (TPSA) is 25.8 Å². The van der Waals surface area contributed by atoms with Crippen molar-refractivity contribution in [2.45, 2.75) is 6.92 Å². The van der Waals surface area contributed by atoms with Crippen molar-refractivity contribution >= 4 is 54.1 Å². The molecule has 0 radical (unpaired) electrons. The van der Waals surface area contributed by atoms with Crippen molar-refractivity contribution < 1.29 is 0 Å². The van der Waals surface area contributed by atoms with Gasteiger partial charge >= 0.3 is 0 Å². The van der Waals surface area contributed by atoms with Crippen molar-refractivity contribution in [1.82, 2.24) is 9.97 Å². The summed E-state index contributed by atoms with van der Waals surface area (Å²) in [4.78, 5) is 10.4. The maximum atomic E-state index is 6.54. The Labute approximate surface area is 153 Å². The summed E-state index contributed by atoms with van der Waals surface area (Å²) in [5.74, 6) is 0. The molecule has 2 nitrogen and oxygen atoms in total. The Kier molecular flexibility index (Phi) is 3.27. The summed E-state index contributed by atoms with van der Waals surface area (Å²) in [5.41, 5.74) is 3.93. The van der Waals surface area contributed by atoms with Gasteiger partial charge in [-0.3, -0.25) is 0 Å². The van der Waals surface area contributed by atoms with Crippen molar-refractivity contribution in [3.63, 3.8) is 0 Å². The molecule has 0 unspecified atom stereocenters. The van der Waals surface area contributed by atoms with E-state index in [0.717, 1.165) is 32.4 Å². The van der Waals surface area contributed by atoms with E-state index >= 15 is 0 Å². The maximum absolute atomic E-state index is 6.54. The van der Waals surface area contributed by atoms with Crippen LogP contribution in [0.1, 0.15) is 5.56 Å². The third-order valence-corrected chi connectivity index (χ3v) is 5.88. The molecule has 0 atom stereocenters. The van der Waals surface area contributed by atoms with Gasteiger partial charge in [0, 0.05) is 15.6 Å². The SMILES string of the molecule is Cc1ccc(-c2nc3c(nc2Cl)sc2ccccc23)c2ccccc12. The van der Waals surface area contributed by atoms with Crippen LogP contribution in [0, 0.1) is 6.92 Å². The predicted octanol–water partition coefficient (Wildman–Crippen LogP) is 6.63. The highest BCUT2D eigenvalue weighted by Gasteiger charge is 2.15. The van der Waals surface area contributed by atoms with Gasteiger partial charge in [0.25, 0.3) is 0 Å². The van der Waals surface area contributed by atoms with Crippen molar-refractivity contribution in [2.75, 3.05) is 0 Å². The van der Waals surface area contributed by atoms with Gasteiger partial charge in [0.15, 0.2) is 5.15 Å². The molecule has 120 valence electrons. The van der Waals surface area contributed by atoms with Crippen molar-refractivity contribution in [2.24, 2.45) is 0 Å². The van der Waals surface area contributed by atoms with E-state index in [1.807, 2.05) is 18.2 Å². The number of thiophene rings is 1. The number of nitrogens with zero attached hydrogens (tertiary/aromatic N) is 2. The highest BCUT2D eigenvalue weighted by molar-refractivity contribution is 7.25. The first-order valence-corrected chi connectivity index (χ1v) is 9.25. The smallest absolute Gasteiger partial charge is 0.157 e. The Bertz CT molecular complexity index is 1270. The van der Waals surface area contributed by atoms with Gasteiger partial charge in [-0.2, -0.15) is 0 Å². The Balaban J connectivity index is 1.88. The number of hydrogen-bond donors (Lipinski definition) is 0. The molecule has 0 saturated carbocycles. The number of hydrogen-bond acceptors (Lipinski definition) is 3. The van der Waals surface area contributed by atoms with Gasteiger partial charge in [0.05, 0.1) is 0 Å². The summed E-state index contributed by atoms with van der Waals surface area (Å²) in [7, 11) is 0. The van der Waals surface area contributed by atoms with Crippen LogP contribution in [-0.4, -0.2) is 9.97 Å². The summed E-state index contributed by atoms with van der Waals surface area (Å²) < 4.78 is 1.18. The standard InChI is InChI=1S/C21H13ClN2S/c1-12-10-11-15(14-7-3-2-6-13(12)14)18-20(22)24-21-19(23-18)16-8-4-5-9-17(16)25-21/h2-11H,1H3. The van der Waals surface area contributed by atoms with Crippen LogP contribution < -0.4 is 0 Å². The van der Waals surface area contributed by atoms with Gasteiger partial charge in [-0.05, 0) is 29.3 Å². The minimum atomic E-state index is 0.452. The predicted molar refractivity (Wildman–Crippen MR) is 108 cm³/mol. The highest BCUT2D eigenvalue weighted by atomic mass is 35.5. The van der Waals surface area contributed by atoms with Crippen LogP contribution in [0.15, 0.2) is 60.7 Å². The Morgan fingerprint density at radius 2 is 1.52 bits per heavy atom. The van der Waals surface area contributed by atoms with E-state index in [-0.39, 0.29) is 0 Å². The van der Waals surface area contributed by atoms with E-state index in [9.17, 15) is 0 Å². The summed E-state index contributed by atoms with van der Waals surface area (Å²) in [6.07, 6.45) is 0. The number of rotatable bonds is 1. The normalized spacial score (nSPS) is 11.6. The zero-order chi connectivity index (χ0) is 17.0. The second-order valence-electron chi connectivity index (χ2n) is 6.09. The fraction of sp³-hybridized carbons (Fsp3) is 0.0476. The third kappa shape index (κ3) is 2.24. The Morgan fingerprint density at radius 1 is 0.800 bits per heavy atom. The molecule has 0 saturated heterocycles. The van der Waals surface area contributed by atoms with Crippen molar-refractivity contribution in [3.05, 3.63) is 71.4 Å². The molecule has 2 heterocycles. The van der Waals surface area contributed by atoms with Crippen LogP contribution in [0.3, 0.4) is 0 Å². The lowest BCUT2D eigenvalue weighted by Gasteiger charge is -2.10. The summed E-state index contributed by atoms with van der Waals surface area (Å²) >= 11 is 8.17. The molecule has 0 spiro atoms. The minimum Gasteiger partial charge on any atom is -0.241 e. The lowest BCUT2D eigenvalue weighted by molar-refractivity contribution is 1.32. The van der Waals surface area contributed by atoms with Gasteiger partial charge < -0.3 is 0 Å². The largest absolute Gasteiger partial charge is 0.241 e. The number of benzene rings is 3. The first-order valence-electron chi connectivity index (χ1n) is 8.06. The van der Waals surface area contributed by atoms with Gasteiger partial charge in [-0.25, -0.2) is 9.97 Å². The minimum absolute atomic E-state index is 0.452. The van der Waals surface area contributed by atoms with Crippen LogP contribution in [0.4, 0.5) is 0 Å². The van der Waals surface area contributed by atoms with Crippen LogP contribution in [0.25, 0.3) is 42.5 Å². The van der Waals surface area contributed by atoms with Crippen LogP contribution in [0.5, 0.6) is 0 Å². The molecule has 2 aromatic heterocycles. The molecule has 25 heavy (non-hydrogen) atoms. The van der Waals surface area contributed by atoms with Crippen LogP contribution in [0.2, 0.25) is 5.15 Å². The monoisotopic (exact) mass is 360 g/mol. The van der Waals surface area contributed by atoms with Crippen LogP contribution >= 0.6 is 22.9 Å². The number of fused-ring (bicyclic) bond motifs is 4. The molecule has 0 fully saturated rings. The molecule has 0 aliphatic carbocycles. The van der Waals surface area contributed by atoms with E-state index in [1.54, 1.807) is 11.3 Å². The molecular weight excluding hydrogens is 348 g/mol. The van der Waals surface area contributed by atoms with E-state index < -0.39 is 0 Å². The van der Waals surface area contributed by atoms with Crippen molar-refractivity contribution in [1.29, 1.82) is 0 Å². The Hall–Kier alpha value is -2.49. The van der Waals surface area contributed by atoms with E-state index in [2.05, 4.69) is 54.4 Å². The molecule has 5 aromatic rings. The third-order valence-electron chi connectivity index (χ3n) is 4.57. The van der Waals surface area contributed by atoms with Gasteiger partial charge in [-0.15, -0.1) is 11.3 Å². The fourth-order valence-corrected chi connectivity index (χ4v) is 4.63.